The maximum absolute atomic E-state index is 11.8. The van der Waals surface area contributed by atoms with Gasteiger partial charge in [-0.1, -0.05) is 12.1 Å². The molecule has 0 aliphatic heterocycles. The normalized spacial score (nSPS) is 10.3. The molecule has 1 aromatic heterocycles. The predicted molar refractivity (Wildman–Crippen MR) is 68.0 cm³/mol. The third kappa shape index (κ3) is 3.18. The van der Waals surface area contributed by atoms with Crippen molar-refractivity contribution >= 4 is 11.6 Å². The molecule has 2 rings (SSSR count). The van der Waals surface area contributed by atoms with Gasteiger partial charge < -0.3 is 15.0 Å². The van der Waals surface area contributed by atoms with E-state index in [1.54, 1.807) is 10.8 Å². The second-order valence-electron chi connectivity index (χ2n) is 4.11. The number of carbonyl (C=O) groups is 1. The first-order valence-corrected chi connectivity index (χ1v) is 5.65. The van der Waals surface area contributed by atoms with Crippen molar-refractivity contribution in [2.45, 2.75) is 20.1 Å². The Morgan fingerprint density at radius 1 is 1.50 bits per heavy atom. The smallest absolute Gasteiger partial charge is 0.244 e. The molecule has 0 unspecified atom stereocenters. The van der Waals surface area contributed by atoms with Crippen LogP contribution in [0.25, 0.3) is 0 Å². The lowest BCUT2D eigenvalue weighted by molar-refractivity contribution is -0.116. The van der Waals surface area contributed by atoms with Crippen molar-refractivity contribution in [3.8, 4) is 0 Å². The Morgan fingerprint density at radius 3 is 3.00 bits per heavy atom. The number of rotatable bonds is 4. The van der Waals surface area contributed by atoms with Gasteiger partial charge in [0.25, 0.3) is 0 Å². The van der Waals surface area contributed by atoms with Gasteiger partial charge in [0, 0.05) is 11.9 Å². The highest BCUT2D eigenvalue weighted by atomic mass is 16.3. The van der Waals surface area contributed by atoms with Crippen LogP contribution in [0.2, 0.25) is 0 Å². The van der Waals surface area contributed by atoms with Crippen LogP contribution in [-0.2, 0) is 17.9 Å². The first kappa shape index (κ1) is 12.3. The Labute approximate surface area is 105 Å². The zero-order valence-electron chi connectivity index (χ0n) is 10.1. The molecule has 1 amide bonds. The van der Waals surface area contributed by atoms with Gasteiger partial charge in [-0.2, -0.15) is 0 Å². The Balaban J connectivity index is 1.96. The maximum Gasteiger partial charge on any atom is 0.244 e. The number of aliphatic hydroxyl groups is 1. The highest BCUT2D eigenvalue weighted by Gasteiger charge is 2.04. The molecule has 5 nitrogen and oxygen atoms in total. The van der Waals surface area contributed by atoms with Crippen LogP contribution in [-0.4, -0.2) is 20.6 Å². The quantitative estimate of drug-likeness (QED) is 0.853. The van der Waals surface area contributed by atoms with Gasteiger partial charge in [-0.25, -0.2) is 4.98 Å². The minimum Gasteiger partial charge on any atom is -0.390 e. The lowest BCUT2D eigenvalue weighted by Gasteiger charge is -2.06. The molecule has 1 heterocycles. The molecule has 0 aliphatic rings. The molecule has 0 saturated heterocycles. The summed E-state index contributed by atoms with van der Waals surface area (Å²) in [6, 6.07) is 7.62. The average molecular weight is 245 g/mol. The molecule has 0 radical (unpaired) electrons. The number of imidazole rings is 1. The molecule has 0 spiro atoms. The van der Waals surface area contributed by atoms with Gasteiger partial charge in [0.05, 0.1) is 18.6 Å². The van der Waals surface area contributed by atoms with E-state index in [9.17, 15) is 4.79 Å². The van der Waals surface area contributed by atoms with Gasteiger partial charge in [-0.05, 0) is 24.6 Å². The number of aryl methyl sites for hydroxylation is 1. The average Bonchev–Trinajstić information content (AvgIpc) is 2.76. The topological polar surface area (TPSA) is 67.2 Å². The molecule has 2 aromatic rings. The van der Waals surface area contributed by atoms with Crippen molar-refractivity contribution in [1.82, 2.24) is 9.55 Å². The number of carbonyl (C=O) groups excluding carboxylic acids is 1. The third-order valence-corrected chi connectivity index (χ3v) is 2.48. The van der Waals surface area contributed by atoms with E-state index in [4.69, 9.17) is 5.11 Å². The molecular weight excluding hydrogens is 230 g/mol. The molecule has 0 atom stereocenters. The van der Waals surface area contributed by atoms with E-state index >= 15 is 0 Å². The van der Waals surface area contributed by atoms with Crippen LogP contribution in [0.4, 0.5) is 5.69 Å². The molecule has 0 bridgehead atoms. The molecule has 5 heteroatoms. The van der Waals surface area contributed by atoms with Crippen LogP contribution in [0.1, 0.15) is 11.3 Å². The van der Waals surface area contributed by atoms with Crippen molar-refractivity contribution < 1.29 is 9.90 Å². The fourth-order valence-corrected chi connectivity index (χ4v) is 1.66. The van der Waals surface area contributed by atoms with Crippen molar-refractivity contribution in [2.24, 2.45) is 0 Å². The van der Waals surface area contributed by atoms with E-state index in [1.807, 2.05) is 31.2 Å². The maximum atomic E-state index is 11.8. The number of nitrogens with one attached hydrogen (secondary N) is 1. The predicted octanol–water partition coefficient (Wildman–Crippen LogP) is 1.32. The SMILES string of the molecule is Cc1cccc(NC(=O)Cn2cnc(CO)c2)c1. The van der Waals surface area contributed by atoms with E-state index in [1.165, 1.54) is 6.33 Å². The van der Waals surface area contributed by atoms with Gasteiger partial charge in [0.2, 0.25) is 5.91 Å². The lowest BCUT2D eigenvalue weighted by Crippen LogP contribution is -2.17. The van der Waals surface area contributed by atoms with Crippen molar-refractivity contribution in [3.63, 3.8) is 0 Å². The summed E-state index contributed by atoms with van der Waals surface area (Å²) in [5, 5.41) is 11.7. The highest BCUT2D eigenvalue weighted by molar-refractivity contribution is 5.90. The first-order valence-electron chi connectivity index (χ1n) is 5.65. The summed E-state index contributed by atoms with van der Waals surface area (Å²) in [7, 11) is 0. The van der Waals surface area contributed by atoms with E-state index in [2.05, 4.69) is 10.3 Å². The Bertz CT molecular complexity index is 549. The molecule has 0 aliphatic carbocycles. The number of aliphatic hydroxyl groups excluding tert-OH is 1. The zero-order chi connectivity index (χ0) is 13.0. The Morgan fingerprint density at radius 2 is 2.33 bits per heavy atom. The summed E-state index contributed by atoms with van der Waals surface area (Å²) in [5.41, 5.74) is 2.43. The second-order valence-corrected chi connectivity index (χ2v) is 4.11. The highest BCUT2D eigenvalue weighted by Crippen LogP contribution is 2.09. The molecule has 18 heavy (non-hydrogen) atoms. The first-order chi connectivity index (χ1) is 8.67. The number of hydrogen-bond donors (Lipinski definition) is 2. The molecule has 1 aromatic carbocycles. The van der Waals surface area contributed by atoms with Crippen molar-refractivity contribution in [2.75, 3.05) is 5.32 Å². The largest absolute Gasteiger partial charge is 0.390 e. The molecule has 94 valence electrons. The summed E-state index contributed by atoms with van der Waals surface area (Å²) < 4.78 is 1.64. The zero-order valence-corrected chi connectivity index (χ0v) is 10.1. The Kier molecular flexibility index (Phi) is 3.74. The number of amides is 1. The standard InChI is InChI=1S/C13H15N3O2/c1-10-3-2-4-11(5-10)15-13(18)7-16-6-12(8-17)14-9-16/h2-6,9,17H,7-8H2,1H3,(H,15,18). The summed E-state index contributed by atoms with van der Waals surface area (Å²) >= 11 is 0. The van der Waals surface area contributed by atoms with Gasteiger partial charge in [-0.3, -0.25) is 4.79 Å². The number of anilines is 1. The van der Waals surface area contributed by atoms with Gasteiger partial charge in [0.1, 0.15) is 6.54 Å². The van der Waals surface area contributed by atoms with Crippen LogP contribution in [0, 0.1) is 6.92 Å². The summed E-state index contributed by atoms with van der Waals surface area (Å²) in [4.78, 5) is 15.7. The van der Waals surface area contributed by atoms with Crippen LogP contribution in [0.5, 0.6) is 0 Å². The van der Waals surface area contributed by atoms with Crippen molar-refractivity contribution in [1.29, 1.82) is 0 Å². The van der Waals surface area contributed by atoms with Crippen LogP contribution in [0.3, 0.4) is 0 Å². The minimum absolute atomic E-state index is 0.119. The number of nitrogens with zero attached hydrogens (tertiary/aromatic N) is 2. The molecule has 0 fully saturated rings. The minimum atomic E-state index is -0.123. The summed E-state index contributed by atoms with van der Waals surface area (Å²) in [5.74, 6) is -0.123. The van der Waals surface area contributed by atoms with Crippen molar-refractivity contribution in [3.05, 3.63) is 48.0 Å². The molecular formula is C13H15N3O2. The number of hydrogen-bond acceptors (Lipinski definition) is 3. The Hall–Kier alpha value is -2.14. The lowest BCUT2D eigenvalue weighted by atomic mass is 10.2. The third-order valence-electron chi connectivity index (χ3n) is 2.48. The monoisotopic (exact) mass is 245 g/mol. The molecule has 2 N–H and O–H groups in total. The molecule has 0 saturated carbocycles. The van der Waals surface area contributed by atoms with Gasteiger partial charge >= 0.3 is 0 Å². The van der Waals surface area contributed by atoms with Gasteiger partial charge in [0.15, 0.2) is 0 Å². The fraction of sp³-hybridized carbons (Fsp3) is 0.231. The van der Waals surface area contributed by atoms with Gasteiger partial charge in [-0.15, -0.1) is 0 Å². The van der Waals surface area contributed by atoms with E-state index in [0.717, 1.165) is 11.3 Å². The summed E-state index contributed by atoms with van der Waals surface area (Å²) in [6.07, 6.45) is 3.18. The van der Waals surface area contributed by atoms with Crippen LogP contribution < -0.4 is 5.32 Å². The van der Waals surface area contributed by atoms with Crippen LogP contribution in [0.15, 0.2) is 36.8 Å². The number of benzene rings is 1. The van der Waals surface area contributed by atoms with E-state index in [0.29, 0.717) is 5.69 Å². The number of aromatic nitrogens is 2. The summed E-state index contributed by atoms with van der Waals surface area (Å²) in [6.45, 7) is 2.03. The second kappa shape index (κ2) is 5.46. The van der Waals surface area contributed by atoms with Crippen LogP contribution >= 0.6 is 0 Å². The van der Waals surface area contributed by atoms with E-state index < -0.39 is 0 Å². The van der Waals surface area contributed by atoms with E-state index in [-0.39, 0.29) is 19.1 Å². The fourth-order valence-electron chi connectivity index (χ4n) is 1.66.